The van der Waals surface area contributed by atoms with E-state index in [4.69, 9.17) is 9.47 Å². The Hall–Kier alpha value is -2.15. The monoisotopic (exact) mass is 330 g/mol. The number of Topliss-reactive ketones (excluding diaryl/α,β-unsaturated/α-hetero) is 1. The van der Waals surface area contributed by atoms with Crippen LogP contribution in [0, 0.1) is 0 Å². The molecule has 7 heteroatoms. The highest BCUT2D eigenvalue weighted by Gasteiger charge is 2.30. The van der Waals surface area contributed by atoms with E-state index in [0.717, 1.165) is 12.1 Å². The second kappa shape index (κ2) is 8.47. The molecule has 0 spiro atoms. The number of carbonyl (C=O) groups is 2. The summed E-state index contributed by atoms with van der Waals surface area (Å²) in [6.45, 7) is 1.61. The minimum absolute atomic E-state index is 0.142. The average molecular weight is 330 g/mol. The van der Waals surface area contributed by atoms with Crippen LogP contribution >= 0.6 is 0 Å². The van der Waals surface area contributed by atoms with Crippen LogP contribution in [0.2, 0.25) is 0 Å². The van der Waals surface area contributed by atoms with Crippen LogP contribution in [0.15, 0.2) is 29.8 Å². The van der Waals surface area contributed by atoms with Gasteiger partial charge in [-0.25, -0.2) is 4.79 Å². The smallest absolute Gasteiger partial charge is 0.416 e. The summed E-state index contributed by atoms with van der Waals surface area (Å²) in [5.41, 5.74) is -0.793. The van der Waals surface area contributed by atoms with E-state index in [0.29, 0.717) is 6.42 Å². The van der Waals surface area contributed by atoms with E-state index < -0.39 is 23.5 Å². The number of esters is 1. The van der Waals surface area contributed by atoms with Gasteiger partial charge >= 0.3 is 12.1 Å². The fraction of sp³-hybridized carbons (Fsp3) is 0.375. The quantitative estimate of drug-likeness (QED) is 0.333. The number of hydrogen-bond donors (Lipinski definition) is 0. The largest absolute Gasteiger partial charge is 0.462 e. The van der Waals surface area contributed by atoms with Crippen molar-refractivity contribution in [2.75, 3.05) is 20.3 Å². The average Bonchev–Trinajstić information content (AvgIpc) is 2.50. The number of halogens is 3. The van der Waals surface area contributed by atoms with Gasteiger partial charge in [-0.05, 0) is 30.2 Å². The lowest BCUT2D eigenvalue weighted by Gasteiger charge is -2.08. The Morgan fingerprint density at radius 2 is 1.78 bits per heavy atom. The van der Waals surface area contributed by atoms with E-state index in [-0.39, 0.29) is 24.4 Å². The lowest BCUT2D eigenvalue weighted by Crippen LogP contribution is -2.19. The van der Waals surface area contributed by atoms with Crippen LogP contribution in [0.1, 0.15) is 24.5 Å². The minimum Gasteiger partial charge on any atom is -0.462 e. The Bertz CT molecular complexity index is 574. The third kappa shape index (κ3) is 5.86. The molecule has 0 N–H and O–H groups in total. The Morgan fingerprint density at radius 3 is 2.26 bits per heavy atom. The molecule has 0 radical (unpaired) electrons. The first-order chi connectivity index (χ1) is 10.8. The Kier molecular flexibility index (Phi) is 6.96. The van der Waals surface area contributed by atoms with Crippen molar-refractivity contribution in [1.29, 1.82) is 0 Å². The van der Waals surface area contributed by atoms with Crippen LogP contribution < -0.4 is 0 Å². The third-order valence-electron chi connectivity index (χ3n) is 2.78. The zero-order valence-corrected chi connectivity index (χ0v) is 12.8. The molecule has 0 heterocycles. The van der Waals surface area contributed by atoms with Gasteiger partial charge in [-0.1, -0.05) is 19.1 Å². The second-order valence-corrected chi connectivity index (χ2v) is 4.67. The van der Waals surface area contributed by atoms with E-state index in [1.807, 2.05) is 0 Å². The summed E-state index contributed by atoms with van der Waals surface area (Å²) in [7, 11) is 1.30. The van der Waals surface area contributed by atoms with Gasteiger partial charge in [0.25, 0.3) is 0 Å². The molecule has 0 aliphatic rings. The number of methoxy groups -OCH3 is 1. The van der Waals surface area contributed by atoms with Crippen LogP contribution in [0.4, 0.5) is 13.2 Å². The van der Waals surface area contributed by atoms with E-state index in [1.165, 1.54) is 25.3 Å². The maximum atomic E-state index is 12.5. The van der Waals surface area contributed by atoms with Gasteiger partial charge in [-0.3, -0.25) is 4.79 Å². The number of carbonyl (C=O) groups excluding carboxylic acids is 2. The summed E-state index contributed by atoms with van der Waals surface area (Å²) in [6, 6.07) is 4.11. The van der Waals surface area contributed by atoms with Crippen molar-refractivity contribution >= 4 is 17.8 Å². The van der Waals surface area contributed by atoms with Crippen molar-refractivity contribution in [3.63, 3.8) is 0 Å². The molecule has 0 saturated carbocycles. The van der Waals surface area contributed by atoms with Crippen LogP contribution in [0.25, 0.3) is 6.08 Å². The number of ketones is 1. The van der Waals surface area contributed by atoms with Gasteiger partial charge in [0.05, 0.1) is 12.2 Å². The molecule has 0 saturated heterocycles. The normalized spacial score (nSPS) is 12.1. The lowest BCUT2D eigenvalue weighted by molar-refractivity contribution is -0.141. The number of ether oxygens (including phenoxy) is 2. The molecule has 0 aliphatic heterocycles. The van der Waals surface area contributed by atoms with Gasteiger partial charge in [-0.2, -0.15) is 13.2 Å². The minimum atomic E-state index is -4.45. The zero-order chi connectivity index (χ0) is 17.5. The highest BCUT2D eigenvalue weighted by atomic mass is 19.4. The first kappa shape index (κ1) is 18.9. The van der Waals surface area contributed by atoms with Crippen molar-refractivity contribution in [1.82, 2.24) is 0 Å². The highest BCUT2D eigenvalue weighted by Crippen LogP contribution is 2.29. The molecule has 1 rings (SSSR count). The number of benzene rings is 1. The number of rotatable bonds is 7. The summed E-state index contributed by atoms with van der Waals surface area (Å²) in [4.78, 5) is 23.8. The topological polar surface area (TPSA) is 52.6 Å². The van der Waals surface area contributed by atoms with Gasteiger partial charge in [-0.15, -0.1) is 0 Å². The highest BCUT2D eigenvalue weighted by molar-refractivity contribution is 6.21. The van der Waals surface area contributed by atoms with Crippen LogP contribution in [0.3, 0.4) is 0 Å². The first-order valence-electron chi connectivity index (χ1n) is 6.87. The predicted octanol–water partition coefficient (Wildman–Crippen LogP) is 3.26. The SMILES string of the molecule is CCCOC(=O)C(=Cc1ccc(C(F)(F)F)cc1)C(=O)COC. The lowest BCUT2D eigenvalue weighted by atomic mass is 10.1. The van der Waals surface area contributed by atoms with E-state index >= 15 is 0 Å². The van der Waals surface area contributed by atoms with Gasteiger partial charge in [0.15, 0.2) is 5.78 Å². The molecule has 0 amide bonds. The maximum Gasteiger partial charge on any atom is 0.416 e. The molecule has 126 valence electrons. The Labute approximate surface area is 131 Å². The molecule has 0 aliphatic carbocycles. The third-order valence-corrected chi connectivity index (χ3v) is 2.78. The Balaban J connectivity index is 3.07. The summed E-state index contributed by atoms with van der Waals surface area (Å²) < 4.78 is 47.2. The first-order valence-corrected chi connectivity index (χ1v) is 6.87. The van der Waals surface area contributed by atoms with Crippen molar-refractivity contribution in [3.8, 4) is 0 Å². The second-order valence-electron chi connectivity index (χ2n) is 4.67. The van der Waals surface area contributed by atoms with Gasteiger partial charge in [0, 0.05) is 7.11 Å². The number of alkyl halides is 3. The van der Waals surface area contributed by atoms with E-state index in [2.05, 4.69) is 0 Å². The summed E-state index contributed by atoms with van der Waals surface area (Å²) in [5.74, 6) is -1.43. The Morgan fingerprint density at radius 1 is 1.17 bits per heavy atom. The fourth-order valence-electron chi connectivity index (χ4n) is 1.67. The number of hydrogen-bond acceptors (Lipinski definition) is 4. The standard InChI is InChI=1S/C16H17F3O4/c1-3-8-23-15(21)13(14(20)10-22-2)9-11-4-6-12(7-5-11)16(17,18)19/h4-7,9H,3,8,10H2,1-2H3. The fourth-order valence-corrected chi connectivity index (χ4v) is 1.67. The molecular weight excluding hydrogens is 313 g/mol. The van der Waals surface area contributed by atoms with E-state index in [1.54, 1.807) is 6.92 Å². The van der Waals surface area contributed by atoms with E-state index in [9.17, 15) is 22.8 Å². The molecule has 23 heavy (non-hydrogen) atoms. The molecule has 0 unspecified atom stereocenters. The zero-order valence-electron chi connectivity index (χ0n) is 12.8. The summed E-state index contributed by atoms with van der Waals surface area (Å²) >= 11 is 0. The van der Waals surface area contributed by atoms with Crippen molar-refractivity contribution in [2.24, 2.45) is 0 Å². The summed E-state index contributed by atoms with van der Waals surface area (Å²) in [6.07, 6.45) is -2.67. The summed E-state index contributed by atoms with van der Waals surface area (Å²) in [5, 5.41) is 0. The van der Waals surface area contributed by atoms with Crippen molar-refractivity contribution in [2.45, 2.75) is 19.5 Å². The van der Waals surface area contributed by atoms with Crippen LogP contribution in [-0.4, -0.2) is 32.1 Å². The molecule has 0 bridgehead atoms. The molecule has 0 aromatic heterocycles. The van der Waals surface area contributed by atoms with Crippen molar-refractivity contribution in [3.05, 3.63) is 41.0 Å². The van der Waals surface area contributed by atoms with Gasteiger partial charge in [0.1, 0.15) is 12.2 Å². The van der Waals surface area contributed by atoms with Crippen molar-refractivity contribution < 1.29 is 32.2 Å². The molecule has 1 aromatic carbocycles. The predicted molar refractivity (Wildman–Crippen MR) is 77.6 cm³/mol. The van der Waals surface area contributed by atoms with Crippen LogP contribution in [0.5, 0.6) is 0 Å². The molecule has 4 nitrogen and oxygen atoms in total. The maximum absolute atomic E-state index is 12.5. The molecule has 0 atom stereocenters. The van der Waals surface area contributed by atoms with Crippen LogP contribution in [-0.2, 0) is 25.2 Å². The van der Waals surface area contributed by atoms with Gasteiger partial charge in [0.2, 0.25) is 0 Å². The molecular formula is C16H17F3O4. The molecule has 1 aromatic rings. The molecule has 0 fully saturated rings. The van der Waals surface area contributed by atoms with Gasteiger partial charge < -0.3 is 9.47 Å².